The number of carbonyl (C=O) groups is 1. The van der Waals surface area contributed by atoms with Gasteiger partial charge in [-0.15, -0.1) is 0 Å². The molecule has 1 heterocycles. The molecule has 1 aliphatic heterocycles. The number of morpholine rings is 1. The average molecular weight is 494 g/mol. The van der Waals surface area contributed by atoms with Crippen LogP contribution in [0.25, 0.3) is 0 Å². The topological polar surface area (TPSA) is 70.2 Å². The van der Waals surface area contributed by atoms with E-state index in [-0.39, 0.29) is 41.1 Å². The third-order valence-corrected chi connectivity index (χ3v) is 7.99. The molecule has 2 atom stereocenters. The second kappa shape index (κ2) is 10.4. The number of hydrogen-bond donors (Lipinski definition) is 0. The maximum Gasteiger partial charge on any atom is 0.254 e. The van der Waals surface area contributed by atoms with E-state index in [0.717, 1.165) is 11.3 Å². The molecule has 1 aliphatic rings. The van der Waals surface area contributed by atoms with Gasteiger partial charge >= 0.3 is 0 Å². The van der Waals surface area contributed by atoms with Crippen molar-refractivity contribution in [2.75, 3.05) is 38.6 Å². The zero-order chi connectivity index (χ0) is 24.3. The number of hydrogen-bond acceptors (Lipinski definition) is 5. The summed E-state index contributed by atoms with van der Waals surface area (Å²) in [6.07, 6.45) is -0.442. The summed E-state index contributed by atoms with van der Waals surface area (Å²) in [4.78, 5) is 16.9. The van der Waals surface area contributed by atoms with Gasteiger partial charge in [0.1, 0.15) is 4.90 Å². The monoisotopic (exact) mass is 493 g/mol. The first-order valence-electron chi connectivity index (χ1n) is 11.0. The quantitative estimate of drug-likeness (QED) is 0.585. The number of nitrogens with zero attached hydrogens (tertiary/aromatic N) is 3. The van der Waals surface area contributed by atoms with Crippen LogP contribution >= 0.6 is 11.6 Å². The molecule has 2 unspecified atom stereocenters. The first kappa shape index (κ1) is 25.5. The minimum Gasteiger partial charge on any atom is -0.378 e. The van der Waals surface area contributed by atoms with Gasteiger partial charge in [0.15, 0.2) is 0 Å². The van der Waals surface area contributed by atoms with Gasteiger partial charge in [-0.25, -0.2) is 8.42 Å². The van der Waals surface area contributed by atoms with Crippen LogP contribution in [0.1, 0.15) is 36.7 Å². The first-order valence-corrected chi connectivity index (χ1v) is 12.9. The highest BCUT2D eigenvalue weighted by Gasteiger charge is 2.34. The molecule has 0 aromatic heterocycles. The predicted molar refractivity (Wildman–Crippen MR) is 131 cm³/mol. The molecule has 2 aromatic carbocycles. The normalized spacial score (nSPS) is 19.3. The summed E-state index contributed by atoms with van der Waals surface area (Å²) in [5.41, 5.74) is 2.36. The number of amides is 1. The smallest absolute Gasteiger partial charge is 0.254 e. The van der Waals surface area contributed by atoms with Crippen molar-refractivity contribution in [3.05, 3.63) is 58.6 Å². The summed E-state index contributed by atoms with van der Waals surface area (Å²) < 4.78 is 33.7. The molecular weight excluding hydrogens is 462 g/mol. The number of carbonyl (C=O) groups excluding carboxylic acids is 1. The molecule has 0 saturated carbocycles. The molecule has 2 aromatic rings. The Bertz CT molecular complexity index is 1080. The van der Waals surface area contributed by atoms with Crippen LogP contribution in [0.4, 0.5) is 5.69 Å². The second-order valence-corrected chi connectivity index (χ2v) is 10.9. The van der Waals surface area contributed by atoms with E-state index in [4.69, 9.17) is 16.3 Å². The van der Waals surface area contributed by atoms with E-state index in [1.54, 1.807) is 11.0 Å². The number of sulfonamides is 1. The predicted octanol–water partition coefficient (Wildman–Crippen LogP) is 3.87. The summed E-state index contributed by atoms with van der Waals surface area (Å²) in [7, 11) is 0.0742. The largest absolute Gasteiger partial charge is 0.378 e. The zero-order valence-corrected chi connectivity index (χ0v) is 21.4. The Morgan fingerprint density at radius 1 is 1.09 bits per heavy atom. The molecule has 1 fully saturated rings. The van der Waals surface area contributed by atoms with Crippen molar-refractivity contribution in [1.29, 1.82) is 0 Å². The first-order chi connectivity index (χ1) is 15.5. The summed E-state index contributed by atoms with van der Waals surface area (Å²) in [5.74, 6) is -0.244. The lowest BCUT2D eigenvalue weighted by Gasteiger charge is -2.34. The molecular formula is C24H32ClN3O4S. The fraction of sp³-hybridized carbons (Fsp3) is 0.458. The van der Waals surface area contributed by atoms with Crippen molar-refractivity contribution in [3.63, 3.8) is 0 Å². The number of anilines is 1. The van der Waals surface area contributed by atoms with Crippen molar-refractivity contribution in [3.8, 4) is 0 Å². The lowest BCUT2D eigenvalue weighted by Crippen LogP contribution is -2.48. The van der Waals surface area contributed by atoms with Crippen LogP contribution in [0.2, 0.25) is 5.02 Å². The molecule has 180 valence electrons. The summed E-state index contributed by atoms with van der Waals surface area (Å²) in [5, 5.41) is 0.0978. The maximum atomic E-state index is 13.3. The summed E-state index contributed by atoms with van der Waals surface area (Å²) in [6.45, 7) is 6.96. The van der Waals surface area contributed by atoms with Crippen molar-refractivity contribution < 1.29 is 17.9 Å². The molecule has 0 bridgehead atoms. The minimum atomic E-state index is -3.87. The van der Waals surface area contributed by atoms with E-state index in [0.29, 0.717) is 18.7 Å². The second-order valence-electron chi connectivity index (χ2n) is 8.60. The van der Waals surface area contributed by atoms with Gasteiger partial charge in [0.05, 0.1) is 17.2 Å². The molecule has 1 amide bonds. The Labute approximate surface area is 201 Å². The molecule has 0 aliphatic carbocycles. The van der Waals surface area contributed by atoms with Gasteiger partial charge in [0, 0.05) is 51.5 Å². The van der Waals surface area contributed by atoms with Crippen LogP contribution in [-0.4, -0.2) is 69.5 Å². The lowest BCUT2D eigenvalue weighted by atomic mass is 10.1. The molecule has 0 spiro atoms. The highest BCUT2D eigenvalue weighted by molar-refractivity contribution is 7.89. The fourth-order valence-electron chi connectivity index (χ4n) is 3.93. The van der Waals surface area contributed by atoms with Crippen LogP contribution in [0.3, 0.4) is 0 Å². The molecule has 3 rings (SSSR count). The SMILES string of the molecule is CCN(Cc1ccc(N(C)C)cc1)C(=O)c1ccc(Cl)c(S(=O)(=O)N2CC(C)OC(C)C2)c1. The Morgan fingerprint density at radius 2 is 1.70 bits per heavy atom. The van der Waals surface area contributed by atoms with Gasteiger partial charge < -0.3 is 14.5 Å². The van der Waals surface area contributed by atoms with E-state index in [2.05, 4.69) is 0 Å². The highest BCUT2D eigenvalue weighted by atomic mass is 35.5. The van der Waals surface area contributed by atoms with E-state index < -0.39 is 10.0 Å². The van der Waals surface area contributed by atoms with Crippen LogP contribution in [0.15, 0.2) is 47.4 Å². The Hall–Kier alpha value is -2.13. The number of rotatable bonds is 7. The van der Waals surface area contributed by atoms with Crippen LogP contribution in [0, 0.1) is 0 Å². The van der Waals surface area contributed by atoms with E-state index in [1.807, 2.05) is 64.0 Å². The highest BCUT2D eigenvalue weighted by Crippen LogP contribution is 2.29. The number of halogens is 1. The Balaban J connectivity index is 1.85. The number of ether oxygens (including phenoxy) is 1. The fourth-order valence-corrected chi connectivity index (χ4v) is 6.02. The lowest BCUT2D eigenvalue weighted by molar-refractivity contribution is -0.0440. The van der Waals surface area contributed by atoms with E-state index >= 15 is 0 Å². The van der Waals surface area contributed by atoms with Crippen LogP contribution < -0.4 is 4.90 Å². The van der Waals surface area contributed by atoms with Gasteiger partial charge in [-0.05, 0) is 56.7 Å². The maximum absolute atomic E-state index is 13.3. The molecule has 0 N–H and O–H groups in total. The molecule has 0 radical (unpaired) electrons. The van der Waals surface area contributed by atoms with Gasteiger partial charge in [-0.1, -0.05) is 23.7 Å². The third kappa shape index (κ3) is 5.87. The Kier molecular flexibility index (Phi) is 8.05. The third-order valence-electron chi connectivity index (χ3n) is 5.68. The van der Waals surface area contributed by atoms with Gasteiger partial charge in [0.2, 0.25) is 10.0 Å². The van der Waals surface area contributed by atoms with Gasteiger partial charge in [-0.3, -0.25) is 4.79 Å². The van der Waals surface area contributed by atoms with Crippen molar-refractivity contribution >= 4 is 33.2 Å². The van der Waals surface area contributed by atoms with Gasteiger partial charge in [0.25, 0.3) is 5.91 Å². The average Bonchev–Trinajstić information content (AvgIpc) is 2.76. The minimum absolute atomic E-state index is 0.0531. The summed E-state index contributed by atoms with van der Waals surface area (Å²) in [6, 6.07) is 12.4. The molecule has 33 heavy (non-hydrogen) atoms. The molecule has 1 saturated heterocycles. The standard InChI is InChI=1S/C24H32ClN3O4S/c1-6-27(16-19-7-10-21(11-8-19)26(4)5)24(29)20-9-12-22(25)23(13-20)33(30,31)28-14-17(2)32-18(3)15-28/h7-13,17-18H,6,14-16H2,1-5H3. The van der Waals surface area contributed by atoms with E-state index in [9.17, 15) is 13.2 Å². The summed E-state index contributed by atoms with van der Waals surface area (Å²) >= 11 is 6.30. The van der Waals surface area contributed by atoms with Crippen molar-refractivity contribution in [1.82, 2.24) is 9.21 Å². The van der Waals surface area contributed by atoms with Crippen LogP contribution in [0.5, 0.6) is 0 Å². The zero-order valence-electron chi connectivity index (χ0n) is 19.8. The van der Waals surface area contributed by atoms with Crippen molar-refractivity contribution in [2.45, 2.75) is 44.4 Å². The molecule has 9 heteroatoms. The molecule has 7 nitrogen and oxygen atoms in total. The van der Waals surface area contributed by atoms with Crippen molar-refractivity contribution in [2.24, 2.45) is 0 Å². The number of benzene rings is 2. The van der Waals surface area contributed by atoms with Crippen LogP contribution in [-0.2, 0) is 21.3 Å². The Morgan fingerprint density at radius 3 is 2.24 bits per heavy atom. The van der Waals surface area contributed by atoms with Gasteiger partial charge in [-0.2, -0.15) is 4.31 Å². The van der Waals surface area contributed by atoms with E-state index in [1.165, 1.54) is 16.4 Å².